The molecule has 166 valence electrons. The summed E-state index contributed by atoms with van der Waals surface area (Å²) in [5.74, 6) is 0.116. The number of nitrogens with zero attached hydrogens (tertiary/aromatic N) is 1. The number of aliphatic imine (C=N–C) groups is 1. The average molecular weight is 424 g/mol. The molecule has 0 heterocycles. The topological polar surface area (TPSA) is 38.7 Å². The van der Waals surface area contributed by atoms with Crippen LogP contribution in [0, 0.1) is 16.7 Å². The first-order chi connectivity index (χ1) is 13.6. The van der Waals surface area contributed by atoms with Gasteiger partial charge in [0, 0.05) is 17.5 Å². The molecular formula is C24H32F3NO2. The maximum Gasteiger partial charge on any atom is 0.416 e. The molecule has 2 aliphatic rings. The van der Waals surface area contributed by atoms with Gasteiger partial charge in [-0.3, -0.25) is 4.99 Å². The van der Waals surface area contributed by atoms with Gasteiger partial charge in [-0.15, -0.1) is 0 Å². The summed E-state index contributed by atoms with van der Waals surface area (Å²) in [6.07, 6.45) is -1.08. The van der Waals surface area contributed by atoms with E-state index < -0.39 is 29.4 Å². The maximum absolute atomic E-state index is 12.9. The van der Waals surface area contributed by atoms with Gasteiger partial charge in [0.2, 0.25) is 0 Å². The average Bonchev–Trinajstić information content (AvgIpc) is 2.93. The lowest BCUT2D eigenvalue weighted by Crippen LogP contribution is -2.36. The number of alkyl halides is 3. The fourth-order valence-electron chi connectivity index (χ4n) is 4.92. The second-order valence-corrected chi connectivity index (χ2v) is 10.5. The van der Waals surface area contributed by atoms with Gasteiger partial charge in [0.05, 0.1) is 5.56 Å². The molecule has 2 fully saturated rings. The van der Waals surface area contributed by atoms with E-state index in [4.69, 9.17) is 9.73 Å². The Kier molecular flexibility index (Phi) is 5.62. The van der Waals surface area contributed by atoms with Crippen LogP contribution in [0.4, 0.5) is 13.2 Å². The summed E-state index contributed by atoms with van der Waals surface area (Å²) in [7, 11) is 0. The van der Waals surface area contributed by atoms with Crippen molar-refractivity contribution in [2.45, 2.75) is 85.0 Å². The maximum atomic E-state index is 12.9. The summed E-state index contributed by atoms with van der Waals surface area (Å²) >= 11 is 0. The SMILES string of the molecule is CC(C)(C)OC(=O)[C@H](Cc1ccc(C(F)(F)F)cc1)N=C1C[C@H]2CC[C@]1(C)C2(C)C. The summed E-state index contributed by atoms with van der Waals surface area (Å²) in [6, 6.07) is 4.19. The van der Waals surface area contributed by atoms with Gasteiger partial charge in [0.1, 0.15) is 5.60 Å². The number of ether oxygens (including phenoxy) is 1. The molecule has 3 nitrogen and oxygen atoms in total. The fourth-order valence-corrected chi connectivity index (χ4v) is 4.92. The number of benzene rings is 1. The van der Waals surface area contributed by atoms with E-state index in [0.717, 1.165) is 30.7 Å². The monoisotopic (exact) mass is 423 g/mol. The number of carbonyl (C=O) groups excluding carboxylic acids is 1. The third kappa shape index (κ3) is 4.28. The van der Waals surface area contributed by atoms with Crippen molar-refractivity contribution >= 4 is 11.7 Å². The molecule has 0 aromatic heterocycles. The number of rotatable bonds is 4. The zero-order chi connectivity index (χ0) is 22.5. The van der Waals surface area contributed by atoms with Gasteiger partial charge in [0.25, 0.3) is 0 Å². The predicted molar refractivity (Wildman–Crippen MR) is 111 cm³/mol. The Bertz CT molecular complexity index is 833. The van der Waals surface area contributed by atoms with Crippen LogP contribution in [-0.2, 0) is 22.1 Å². The van der Waals surface area contributed by atoms with Crippen molar-refractivity contribution in [3.8, 4) is 0 Å². The van der Waals surface area contributed by atoms with E-state index in [1.54, 1.807) is 20.8 Å². The first-order valence-electron chi connectivity index (χ1n) is 10.6. The van der Waals surface area contributed by atoms with Crippen LogP contribution in [0.1, 0.15) is 71.9 Å². The number of carbonyl (C=O) groups is 1. The summed E-state index contributed by atoms with van der Waals surface area (Å²) < 4.78 is 44.2. The number of halogens is 3. The molecule has 2 saturated carbocycles. The lowest BCUT2D eigenvalue weighted by molar-refractivity contribution is -0.156. The number of fused-ring (bicyclic) bond motifs is 2. The minimum Gasteiger partial charge on any atom is -0.458 e. The van der Waals surface area contributed by atoms with Crippen LogP contribution in [0.5, 0.6) is 0 Å². The molecule has 0 amide bonds. The van der Waals surface area contributed by atoms with E-state index in [2.05, 4.69) is 20.8 Å². The minimum absolute atomic E-state index is 0.0575. The van der Waals surface area contributed by atoms with Crippen LogP contribution in [-0.4, -0.2) is 23.3 Å². The lowest BCUT2D eigenvalue weighted by atomic mass is 9.70. The summed E-state index contributed by atoms with van der Waals surface area (Å²) in [4.78, 5) is 17.8. The smallest absolute Gasteiger partial charge is 0.416 e. The van der Waals surface area contributed by atoms with E-state index >= 15 is 0 Å². The van der Waals surface area contributed by atoms with E-state index in [0.29, 0.717) is 11.5 Å². The highest BCUT2D eigenvalue weighted by atomic mass is 19.4. The molecule has 30 heavy (non-hydrogen) atoms. The molecule has 3 rings (SSSR count). The highest BCUT2D eigenvalue weighted by Crippen LogP contribution is 2.64. The lowest BCUT2D eigenvalue weighted by Gasteiger charge is -2.35. The molecule has 3 atom stereocenters. The van der Waals surface area contributed by atoms with E-state index in [1.807, 2.05) is 0 Å². The Balaban J connectivity index is 1.89. The van der Waals surface area contributed by atoms with Gasteiger partial charge < -0.3 is 4.74 Å². The summed E-state index contributed by atoms with van der Waals surface area (Å²) in [6.45, 7) is 12.2. The molecule has 2 aliphatic carbocycles. The summed E-state index contributed by atoms with van der Waals surface area (Å²) in [5.41, 5.74) is 0.389. The van der Waals surface area contributed by atoms with Crippen molar-refractivity contribution < 1.29 is 22.7 Å². The van der Waals surface area contributed by atoms with Crippen LogP contribution < -0.4 is 0 Å². The fraction of sp³-hybridized carbons (Fsp3) is 0.667. The third-order valence-electron chi connectivity index (χ3n) is 7.21. The minimum atomic E-state index is -4.38. The van der Waals surface area contributed by atoms with Crippen molar-refractivity contribution in [3.63, 3.8) is 0 Å². The second-order valence-electron chi connectivity index (χ2n) is 10.5. The Morgan fingerprint density at radius 3 is 2.20 bits per heavy atom. The van der Waals surface area contributed by atoms with Crippen LogP contribution in [0.2, 0.25) is 0 Å². The van der Waals surface area contributed by atoms with E-state index in [-0.39, 0.29) is 17.3 Å². The molecule has 0 unspecified atom stereocenters. The largest absolute Gasteiger partial charge is 0.458 e. The Hall–Kier alpha value is -1.85. The van der Waals surface area contributed by atoms with Crippen molar-refractivity contribution in [3.05, 3.63) is 35.4 Å². The molecule has 2 bridgehead atoms. The molecule has 0 N–H and O–H groups in total. The third-order valence-corrected chi connectivity index (χ3v) is 7.21. The number of hydrogen-bond donors (Lipinski definition) is 0. The highest BCUT2D eigenvalue weighted by Gasteiger charge is 2.60. The van der Waals surface area contributed by atoms with Crippen molar-refractivity contribution in [2.24, 2.45) is 21.7 Å². The molecule has 0 radical (unpaired) electrons. The van der Waals surface area contributed by atoms with Crippen molar-refractivity contribution in [1.29, 1.82) is 0 Å². The molecule has 0 aliphatic heterocycles. The zero-order valence-electron chi connectivity index (χ0n) is 18.7. The number of esters is 1. The quantitative estimate of drug-likeness (QED) is 0.537. The first kappa shape index (κ1) is 22.8. The molecular weight excluding hydrogens is 391 g/mol. The Morgan fingerprint density at radius 2 is 1.77 bits per heavy atom. The molecule has 0 saturated heterocycles. The van der Waals surface area contributed by atoms with Crippen LogP contribution in [0.25, 0.3) is 0 Å². The van der Waals surface area contributed by atoms with Crippen LogP contribution in [0.15, 0.2) is 29.3 Å². The van der Waals surface area contributed by atoms with Gasteiger partial charge in [-0.1, -0.05) is 32.9 Å². The van der Waals surface area contributed by atoms with Crippen molar-refractivity contribution in [2.75, 3.05) is 0 Å². The van der Waals surface area contributed by atoms with Crippen LogP contribution >= 0.6 is 0 Å². The van der Waals surface area contributed by atoms with E-state index in [9.17, 15) is 18.0 Å². The highest BCUT2D eigenvalue weighted by molar-refractivity contribution is 5.96. The van der Waals surface area contributed by atoms with Gasteiger partial charge in [0.15, 0.2) is 6.04 Å². The zero-order valence-corrected chi connectivity index (χ0v) is 18.7. The summed E-state index contributed by atoms with van der Waals surface area (Å²) in [5, 5.41) is 0. The second kappa shape index (κ2) is 7.38. The molecule has 6 heteroatoms. The van der Waals surface area contributed by atoms with Gasteiger partial charge in [-0.25, -0.2) is 4.79 Å². The van der Waals surface area contributed by atoms with Crippen LogP contribution in [0.3, 0.4) is 0 Å². The number of hydrogen-bond acceptors (Lipinski definition) is 3. The Labute approximate surface area is 177 Å². The Morgan fingerprint density at radius 1 is 1.17 bits per heavy atom. The first-order valence-corrected chi connectivity index (χ1v) is 10.6. The van der Waals surface area contributed by atoms with Gasteiger partial charge >= 0.3 is 12.1 Å². The van der Waals surface area contributed by atoms with Crippen molar-refractivity contribution in [1.82, 2.24) is 0 Å². The predicted octanol–water partition coefficient (Wildman–Crippen LogP) is 6.25. The van der Waals surface area contributed by atoms with Gasteiger partial charge in [-0.05, 0) is 69.1 Å². The molecule has 0 spiro atoms. The van der Waals surface area contributed by atoms with Gasteiger partial charge in [-0.2, -0.15) is 13.2 Å². The standard InChI is InChI=1S/C24H32F3NO2/c1-21(2,3)30-20(29)18(13-15-7-9-16(10-8-15)24(25,26)27)28-19-14-17-11-12-23(19,6)22(17,4)5/h7-10,17-18H,11-14H2,1-6H3/t17-,18+,23+/m1/s1. The van der Waals surface area contributed by atoms with E-state index in [1.165, 1.54) is 18.6 Å². The normalized spacial score (nSPS) is 28.0. The molecule has 1 aromatic carbocycles. The molecule has 1 aromatic rings.